The molecule has 0 aliphatic heterocycles. The number of para-hydroxylation sites is 1. The van der Waals surface area contributed by atoms with Crippen molar-refractivity contribution in [3.8, 4) is 17.6 Å². The number of ether oxygens (including phenoxy) is 1. The molecule has 3 rings (SSSR count). The van der Waals surface area contributed by atoms with Crippen molar-refractivity contribution < 1.29 is 4.74 Å². The number of fused-ring (bicyclic) bond motifs is 1. The number of nitriles is 1. The van der Waals surface area contributed by atoms with Gasteiger partial charge in [-0.15, -0.1) is 0 Å². The van der Waals surface area contributed by atoms with Gasteiger partial charge < -0.3 is 10.5 Å². The van der Waals surface area contributed by atoms with Gasteiger partial charge in [0, 0.05) is 0 Å². The minimum atomic E-state index is 0.364. The highest BCUT2D eigenvalue weighted by Crippen LogP contribution is 2.31. The summed E-state index contributed by atoms with van der Waals surface area (Å²) in [5.41, 5.74) is 6.69. The van der Waals surface area contributed by atoms with E-state index in [9.17, 15) is 0 Å². The fourth-order valence-electron chi connectivity index (χ4n) is 2.09. The largest absolute Gasteiger partial charge is 0.455 e. The van der Waals surface area contributed by atoms with Crippen LogP contribution in [-0.2, 0) is 0 Å². The maximum atomic E-state index is 8.96. The Balaban J connectivity index is 1.99. The molecule has 0 aliphatic carbocycles. The number of hydrogen-bond acceptors (Lipinski definition) is 3. The molecule has 0 saturated carbocycles. The molecule has 0 heterocycles. The molecule has 3 nitrogen and oxygen atoms in total. The van der Waals surface area contributed by atoms with E-state index in [-0.39, 0.29) is 0 Å². The molecule has 0 bridgehead atoms. The third-order valence-electron chi connectivity index (χ3n) is 3.14. The average molecular weight is 260 g/mol. The van der Waals surface area contributed by atoms with Crippen molar-refractivity contribution in [2.75, 3.05) is 5.73 Å². The second kappa shape index (κ2) is 4.94. The lowest BCUT2D eigenvalue weighted by Gasteiger charge is -2.10. The Kier molecular flexibility index (Phi) is 2.98. The van der Waals surface area contributed by atoms with Crippen LogP contribution in [0.15, 0.2) is 60.7 Å². The van der Waals surface area contributed by atoms with Gasteiger partial charge in [0.1, 0.15) is 11.8 Å². The van der Waals surface area contributed by atoms with Crippen molar-refractivity contribution in [3.05, 3.63) is 66.2 Å². The van der Waals surface area contributed by atoms with Crippen LogP contribution in [-0.4, -0.2) is 0 Å². The van der Waals surface area contributed by atoms with Crippen molar-refractivity contribution >= 4 is 16.5 Å². The van der Waals surface area contributed by atoms with Crippen LogP contribution >= 0.6 is 0 Å². The van der Waals surface area contributed by atoms with Crippen LogP contribution in [0.1, 0.15) is 5.56 Å². The van der Waals surface area contributed by atoms with E-state index in [0.717, 1.165) is 10.8 Å². The van der Waals surface area contributed by atoms with Crippen molar-refractivity contribution in [3.63, 3.8) is 0 Å². The molecule has 3 aromatic rings. The summed E-state index contributed by atoms with van der Waals surface area (Å²) < 4.78 is 5.78. The van der Waals surface area contributed by atoms with Gasteiger partial charge in [-0.25, -0.2) is 0 Å². The summed E-state index contributed by atoms with van der Waals surface area (Å²) in [7, 11) is 0. The number of anilines is 1. The van der Waals surface area contributed by atoms with E-state index in [4.69, 9.17) is 15.7 Å². The molecule has 0 unspecified atom stereocenters. The Bertz CT molecular complexity index is 819. The number of nitrogens with two attached hydrogens (primary N) is 1. The molecule has 20 heavy (non-hydrogen) atoms. The van der Waals surface area contributed by atoms with Gasteiger partial charge in [-0.2, -0.15) is 5.26 Å². The highest BCUT2D eigenvalue weighted by Gasteiger charge is 2.06. The number of nitrogens with zero attached hydrogens (tertiary/aromatic N) is 1. The van der Waals surface area contributed by atoms with E-state index in [0.29, 0.717) is 22.7 Å². The molecule has 0 saturated heterocycles. The Hall–Kier alpha value is -2.99. The van der Waals surface area contributed by atoms with Crippen molar-refractivity contribution in [2.45, 2.75) is 0 Å². The van der Waals surface area contributed by atoms with Crippen LogP contribution in [0, 0.1) is 11.3 Å². The normalized spacial score (nSPS) is 10.2. The Morgan fingerprint density at radius 3 is 2.50 bits per heavy atom. The van der Waals surface area contributed by atoms with Crippen molar-refractivity contribution in [2.24, 2.45) is 0 Å². The molecular weight excluding hydrogens is 248 g/mol. The Labute approximate surface area is 116 Å². The second-order valence-corrected chi connectivity index (χ2v) is 4.44. The Morgan fingerprint density at radius 1 is 0.900 bits per heavy atom. The maximum Gasteiger partial charge on any atom is 0.151 e. The molecular formula is C17H12N2O. The fraction of sp³-hybridized carbons (Fsp3) is 0. The quantitative estimate of drug-likeness (QED) is 0.706. The zero-order valence-corrected chi connectivity index (χ0v) is 10.7. The summed E-state index contributed by atoms with van der Waals surface area (Å²) in [5, 5.41) is 11.2. The number of benzene rings is 3. The maximum absolute atomic E-state index is 8.96. The van der Waals surface area contributed by atoms with E-state index in [1.54, 1.807) is 18.2 Å². The highest BCUT2D eigenvalue weighted by molar-refractivity contribution is 5.83. The fourth-order valence-corrected chi connectivity index (χ4v) is 2.09. The first-order chi connectivity index (χ1) is 9.78. The van der Waals surface area contributed by atoms with Crippen LogP contribution in [0.25, 0.3) is 10.8 Å². The minimum Gasteiger partial charge on any atom is -0.455 e. The zero-order chi connectivity index (χ0) is 13.9. The number of hydrogen-bond donors (Lipinski definition) is 1. The molecule has 0 spiro atoms. The first kappa shape index (κ1) is 12.1. The summed E-state index contributed by atoms with van der Waals surface area (Å²) in [5.74, 6) is 1.20. The van der Waals surface area contributed by atoms with Gasteiger partial charge in [0.25, 0.3) is 0 Å². The number of rotatable bonds is 2. The van der Waals surface area contributed by atoms with Gasteiger partial charge in [0.2, 0.25) is 0 Å². The van der Waals surface area contributed by atoms with Gasteiger partial charge in [-0.1, -0.05) is 36.4 Å². The smallest absolute Gasteiger partial charge is 0.151 e. The Morgan fingerprint density at radius 2 is 1.70 bits per heavy atom. The predicted molar refractivity (Wildman–Crippen MR) is 79.6 cm³/mol. The van der Waals surface area contributed by atoms with E-state index >= 15 is 0 Å². The van der Waals surface area contributed by atoms with E-state index in [1.807, 2.05) is 48.5 Å². The third kappa shape index (κ3) is 2.15. The average Bonchev–Trinajstić information content (AvgIpc) is 2.49. The van der Waals surface area contributed by atoms with Crippen LogP contribution < -0.4 is 10.5 Å². The monoisotopic (exact) mass is 260 g/mol. The standard InChI is InChI=1S/C17H12N2O/c18-11-14-6-3-7-16(17(14)19)20-15-9-8-12-4-1-2-5-13(12)10-15/h1-10H,19H2. The topological polar surface area (TPSA) is 59.0 Å². The molecule has 0 aliphatic rings. The predicted octanol–water partition coefficient (Wildman–Crippen LogP) is 4.09. The van der Waals surface area contributed by atoms with Crippen LogP contribution in [0.2, 0.25) is 0 Å². The zero-order valence-electron chi connectivity index (χ0n) is 10.7. The summed E-state index contributed by atoms with van der Waals surface area (Å²) in [6, 6.07) is 21.1. The van der Waals surface area contributed by atoms with Crippen LogP contribution in [0.5, 0.6) is 11.5 Å². The van der Waals surface area contributed by atoms with Gasteiger partial charge in [-0.3, -0.25) is 0 Å². The first-order valence-electron chi connectivity index (χ1n) is 6.23. The molecule has 96 valence electrons. The summed E-state index contributed by atoms with van der Waals surface area (Å²) in [4.78, 5) is 0. The molecule has 3 aromatic carbocycles. The molecule has 0 aromatic heterocycles. The first-order valence-corrected chi connectivity index (χ1v) is 6.23. The van der Waals surface area contributed by atoms with E-state index in [1.165, 1.54) is 0 Å². The molecule has 3 heteroatoms. The molecule has 0 fully saturated rings. The lowest BCUT2D eigenvalue weighted by molar-refractivity contribution is 0.485. The lowest BCUT2D eigenvalue weighted by Crippen LogP contribution is -1.95. The molecule has 0 atom stereocenters. The van der Waals surface area contributed by atoms with Crippen molar-refractivity contribution in [1.29, 1.82) is 5.26 Å². The van der Waals surface area contributed by atoms with Gasteiger partial charge in [-0.05, 0) is 35.0 Å². The van der Waals surface area contributed by atoms with E-state index < -0.39 is 0 Å². The minimum absolute atomic E-state index is 0.364. The summed E-state index contributed by atoms with van der Waals surface area (Å²) in [6.07, 6.45) is 0. The third-order valence-corrected chi connectivity index (χ3v) is 3.14. The summed E-state index contributed by atoms with van der Waals surface area (Å²) >= 11 is 0. The van der Waals surface area contributed by atoms with Gasteiger partial charge in [0.05, 0.1) is 11.3 Å². The number of nitrogen functional groups attached to an aromatic ring is 1. The van der Waals surface area contributed by atoms with E-state index in [2.05, 4.69) is 0 Å². The SMILES string of the molecule is N#Cc1cccc(Oc2ccc3ccccc3c2)c1N. The molecule has 0 radical (unpaired) electrons. The molecule has 2 N–H and O–H groups in total. The second-order valence-electron chi connectivity index (χ2n) is 4.44. The van der Waals surface area contributed by atoms with Gasteiger partial charge in [0.15, 0.2) is 5.75 Å². The van der Waals surface area contributed by atoms with Crippen LogP contribution in [0.4, 0.5) is 5.69 Å². The van der Waals surface area contributed by atoms with Gasteiger partial charge >= 0.3 is 0 Å². The lowest BCUT2D eigenvalue weighted by atomic mass is 10.1. The molecule has 0 amide bonds. The summed E-state index contributed by atoms with van der Waals surface area (Å²) in [6.45, 7) is 0. The highest BCUT2D eigenvalue weighted by atomic mass is 16.5. The van der Waals surface area contributed by atoms with Crippen LogP contribution in [0.3, 0.4) is 0 Å². The van der Waals surface area contributed by atoms with Crippen molar-refractivity contribution in [1.82, 2.24) is 0 Å².